The van der Waals surface area contributed by atoms with E-state index in [4.69, 9.17) is 11.6 Å². The molecule has 0 amide bonds. The molecule has 1 saturated heterocycles. The van der Waals surface area contributed by atoms with Crippen LogP contribution in [-0.2, 0) is 0 Å². The van der Waals surface area contributed by atoms with Gasteiger partial charge >= 0.3 is 0 Å². The molecule has 2 rings (SSSR count). The third-order valence-electron chi connectivity index (χ3n) is 2.84. The normalized spacial score (nSPS) is 19.5. The Balaban J connectivity index is 2.23. The average Bonchev–Trinajstić information content (AvgIpc) is 2.82. The second-order valence-corrected chi connectivity index (χ2v) is 4.68. The molecule has 1 fully saturated rings. The van der Waals surface area contributed by atoms with Crippen LogP contribution in [0.15, 0.2) is 12.1 Å². The van der Waals surface area contributed by atoms with E-state index >= 15 is 0 Å². The Morgan fingerprint density at radius 2 is 2.20 bits per heavy atom. The van der Waals surface area contributed by atoms with Crippen LogP contribution in [0, 0.1) is 13.8 Å². The lowest BCUT2D eigenvalue weighted by molar-refractivity contribution is 0.790. The van der Waals surface area contributed by atoms with E-state index in [-0.39, 0.29) is 0 Å². The maximum Gasteiger partial charge on any atom is 0.0645 e. The summed E-state index contributed by atoms with van der Waals surface area (Å²) in [7, 11) is 1.99. The first-order chi connectivity index (χ1) is 7.13. The van der Waals surface area contributed by atoms with E-state index in [0.29, 0.717) is 6.04 Å². The van der Waals surface area contributed by atoms with Crippen molar-refractivity contribution < 1.29 is 0 Å². The van der Waals surface area contributed by atoms with Crippen molar-refractivity contribution >= 4 is 17.3 Å². The van der Waals surface area contributed by atoms with Crippen LogP contribution in [0.4, 0.5) is 5.69 Å². The first-order valence-corrected chi connectivity index (χ1v) is 5.69. The summed E-state index contributed by atoms with van der Waals surface area (Å²) in [6.45, 7) is 6.35. The van der Waals surface area contributed by atoms with Gasteiger partial charge in [0.2, 0.25) is 0 Å². The minimum absolute atomic E-state index is 0.619. The minimum Gasteiger partial charge on any atom is -0.362 e. The fourth-order valence-electron chi connectivity index (χ4n) is 2.14. The number of halogens is 1. The van der Waals surface area contributed by atoms with Crippen LogP contribution in [0.5, 0.6) is 0 Å². The molecule has 1 aliphatic heterocycles. The Morgan fingerprint density at radius 3 is 2.80 bits per heavy atom. The molecule has 3 heteroatoms. The van der Waals surface area contributed by atoms with Crippen LogP contribution in [-0.4, -0.2) is 26.2 Å². The van der Waals surface area contributed by atoms with Crippen molar-refractivity contribution in [2.24, 2.45) is 0 Å². The number of rotatable bonds is 3. The Hall–Kier alpha value is -0.730. The SMILES string of the molecule is CNCC1CN1c1c(C)cc(C)cc1Cl. The van der Waals surface area contributed by atoms with Crippen LogP contribution in [0.1, 0.15) is 11.1 Å². The molecule has 2 nitrogen and oxygen atoms in total. The predicted molar refractivity (Wildman–Crippen MR) is 66.0 cm³/mol. The third kappa shape index (κ3) is 2.11. The molecule has 15 heavy (non-hydrogen) atoms. The van der Waals surface area contributed by atoms with Crippen LogP contribution < -0.4 is 10.2 Å². The summed E-state index contributed by atoms with van der Waals surface area (Å²) >= 11 is 6.27. The van der Waals surface area contributed by atoms with Crippen molar-refractivity contribution in [2.75, 3.05) is 25.0 Å². The topological polar surface area (TPSA) is 15.0 Å². The number of hydrogen-bond acceptors (Lipinski definition) is 2. The number of hydrogen-bond donors (Lipinski definition) is 1. The highest BCUT2D eigenvalue weighted by Crippen LogP contribution is 2.37. The van der Waals surface area contributed by atoms with Gasteiger partial charge in [-0.25, -0.2) is 0 Å². The summed E-state index contributed by atoms with van der Waals surface area (Å²) in [6, 6.07) is 4.85. The molecule has 1 N–H and O–H groups in total. The molecule has 1 atom stereocenters. The summed E-state index contributed by atoms with van der Waals surface area (Å²) < 4.78 is 0. The quantitative estimate of drug-likeness (QED) is 0.793. The number of nitrogens with one attached hydrogen (secondary N) is 1. The van der Waals surface area contributed by atoms with E-state index in [0.717, 1.165) is 18.1 Å². The lowest BCUT2D eigenvalue weighted by Gasteiger charge is -2.12. The van der Waals surface area contributed by atoms with E-state index < -0.39 is 0 Å². The molecule has 0 aliphatic carbocycles. The molecule has 82 valence electrons. The van der Waals surface area contributed by atoms with E-state index in [1.807, 2.05) is 13.1 Å². The van der Waals surface area contributed by atoms with Crippen molar-refractivity contribution in [2.45, 2.75) is 19.9 Å². The molecule has 1 aliphatic rings. The second-order valence-electron chi connectivity index (χ2n) is 4.28. The Kier molecular flexibility index (Phi) is 2.89. The molecule has 0 bridgehead atoms. The van der Waals surface area contributed by atoms with E-state index in [1.165, 1.54) is 16.8 Å². The highest BCUT2D eigenvalue weighted by atomic mass is 35.5. The second kappa shape index (κ2) is 4.03. The number of nitrogens with zero attached hydrogens (tertiary/aromatic N) is 1. The van der Waals surface area contributed by atoms with Crippen LogP contribution in [0.25, 0.3) is 0 Å². The monoisotopic (exact) mass is 224 g/mol. The molecule has 0 saturated carbocycles. The maximum absolute atomic E-state index is 6.27. The van der Waals surface area contributed by atoms with Gasteiger partial charge in [0.25, 0.3) is 0 Å². The zero-order valence-corrected chi connectivity index (χ0v) is 10.2. The fraction of sp³-hybridized carbons (Fsp3) is 0.500. The molecule has 0 spiro atoms. The first kappa shape index (κ1) is 10.8. The number of benzene rings is 1. The largest absolute Gasteiger partial charge is 0.362 e. The highest BCUT2D eigenvalue weighted by Gasteiger charge is 2.35. The van der Waals surface area contributed by atoms with Gasteiger partial charge in [0.1, 0.15) is 0 Å². The molecule has 0 radical (unpaired) electrons. The molecular weight excluding hydrogens is 208 g/mol. The molecule has 1 aromatic carbocycles. The van der Waals surface area contributed by atoms with Crippen molar-refractivity contribution in [3.05, 3.63) is 28.3 Å². The van der Waals surface area contributed by atoms with Gasteiger partial charge in [-0.1, -0.05) is 17.7 Å². The summed E-state index contributed by atoms with van der Waals surface area (Å²) in [4.78, 5) is 2.35. The summed E-state index contributed by atoms with van der Waals surface area (Å²) in [5.74, 6) is 0. The van der Waals surface area contributed by atoms with Crippen LogP contribution in [0.3, 0.4) is 0 Å². The zero-order valence-electron chi connectivity index (χ0n) is 9.47. The summed E-state index contributed by atoms with van der Waals surface area (Å²) in [5.41, 5.74) is 3.72. The lowest BCUT2D eigenvalue weighted by Crippen LogP contribution is -2.17. The summed E-state index contributed by atoms with van der Waals surface area (Å²) in [6.07, 6.45) is 0. The van der Waals surface area contributed by atoms with Gasteiger partial charge in [0.05, 0.1) is 16.8 Å². The zero-order chi connectivity index (χ0) is 11.0. The predicted octanol–water partition coefficient (Wildman–Crippen LogP) is 2.36. The van der Waals surface area contributed by atoms with Crippen LogP contribution >= 0.6 is 11.6 Å². The molecule has 1 heterocycles. The molecule has 1 aromatic rings. The lowest BCUT2D eigenvalue weighted by atomic mass is 10.1. The van der Waals surface area contributed by atoms with Crippen LogP contribution in [0.2, 0.25) is 5.02 Å². The van der Waals surface area contributed by atoms with Crippen molar-refractivity contribution in [3.63, 3.8) is 0 Å². The van der Waals surface area contributed by atoms with E-state index in [1.54, 1.807) is 0 Å². The van der Waals surface area contributed by atoms with E-state index in [2.05, 4.69) is 30.1 Å². The van der Waals surface area contributed by atoms with Gasteiger partial charge in [0.15, 0.2) is 0 Å². The average molecular weight is 225 g/mol. The van der Waals surface area contributed by atoms with Crippen molar-refractivity contribution in [1.82, 2.24) is 5.32 Å². The Bertz CT molecular complexity index is 353. The van der Waals surface area contributed by atoms with Gasteiger partial charge in [0, 0.05) is 13.1 Å². The smallest absolute Gasteiger partial charge is 0.0645 e. The minimum atomic E-state index is 0.619. The maximum atomic E-state index is 6.27. The van der Waals surface area contributed by atoms with Gasteiger partial charge in [-0.05, 0) is 38.1 Å². The fourth-order valence-corrected chi connectivity index (χ4v) is 2.57. The molecule has 1 unspecified atom stereocenters. The first-order valence-electron chi connectivity index (χ1n) is 5.31. The molecular formula is C12H17ClN2. The summed E-state index contributed by atoms with van der Waals surface area (Å²) in [5, 5.41) is 4.08. The Labute approximate surface area is 96.2 Å². The van der Waals surface area contributed by atoms with E-state index in [9.17, 15) is 0 Å². The van der Waals surface area contributed by atoms with Crippen molar-refractivity contribution in [3.8, 4) is 0 Å². The molecule has 0 aromatic heterocycles. The van der Waals surface area contributed by atoms with Crippen molar-refractivity contribution in [1.29, 1.82) is 0 Å². The standard InChI is InChI=1S/C12H17ClN2/c1-8-4-9(2)12(11(13)5-8)15-7-10(15)6-14-3/h4-5,10,14H,6-7H2,1-3H3. The van der Waals surface area contributed by atoms with Gasteiger partial charge in [-0.3, -0.25) is 0 Å². The number of aryl methyl sites for hydroxylation is 2. The number of anilines is 1. The van der Waals surface area contributed by atoms with Gasteiger partial charge in [-0.2, -0.15) is 0 Å². The van der Waals surface area contributed by atoms with Gasteiger partial charge in [-0.15, -0.1) is 0 Å². The Morgan fingerprint density at radius 1 is 1.47 bits per heavy atom. The third-order valence-corrected chi connectivity index (χ3v) is 3.13. The highest BCUT2D eigenvalue weighted by molar-refractivity contribution is 6.33. The number of likely N-dealkylation sites (N-methyl/N-ethyl adjacent to an activating group) is 1. The van der Waals surface area contributed by atoms with Gasteiger partial charge < -0.3 is 10.2 Å².